The van der Waals surface area contributed by atoms with E-state index in [0.29, 0.717) is 0 Å². The number of nitrogens with two attached hydrogens (primary N) is 1. The summed E-state index contributed by atoms with van der Waals surface area (Å²) in [4.78, 5) is 1.41. The highest BCUT2D eigenvalue weighted by Gasteiger charge is 1.97. The molecule has 0 aliphatic rings. The minimum atomic E-state index is 0.848. The van der Waals surface area contributed by atoms with E-state index in [4.69, 9.17) is 5.73 Å². The first-order valence-electron chi connectivity index (χ1n) is 5.38. The summed E-state index contributed by atoms with van der Waals surface area (Å²) in [7, 11) is 0. The van der Waals surface area contributed by atoms with Crippen LogP contribution in [0.4, 0.5) is 11.4 Å². The zero-order valence-electron chi connectivity index (χ0n) is 9.36. The average molecular weight is 232 g/mol. The summed E-state index contributed by atoms with van der Waals surface area (Å²) < 4.78 is 0. The van der Waals surface area contributed by atoms with Gasteiger partial charge in [0.05, 0.1) is 0 Å². The van der Waals surface area contributed by atoms with Gasteiger partial charge in [-0.25, -0.2) is 0 Å². The van der Waals surface area contributed by atoms with Gasteiger partial charge in [-0.2, -0.15) is 0 Å². The molecular formula is C13H16N2S. The predicted octanol–water partition coefficient (Wildman–Crippen LogP) is 3.29. The van der Waals surface area contributed by atoms with Gasteiger partial charge in [-0.15, -0.1) is 11.3 Å². The lowest BCUT2D eigenvalue weighted by Gasteiger charge is -2.07. The van der Waals surface area contributed by atoms with Crippen LogP contribution in [-0.4, -0.2) is 6.54 Å². The fraction of sp³-hybridized carbons (Fsp3) is 0.231. The monoisotopic (exact) mass is 232 g/mol. The van der Waals surface area contributed by atoms with Gasteiger partial charge in [0.25, 0.3) is 0 Å². The van der Waals surface area contributed by atoms with Gasteiger partial charge in [0.1, 0.15) is 0 Å². The Hall–Kier alpha value is -1.48. The second-order valence-electron chi connectivity index (χ2n) is 3.83. The van der Waals surface area contributed by atoms with E-state index in [-0.39, 0.29) is 0 Å². The summed E-state index contributed by atoms with van der Waals surface area (Å²) in [6.07, 6.45) is 1.06. The van der Waals surface area contributed by atoms with Crippen LogP contribution in [0.3, 0.4) is 0 Å². The van der Waals surface area contributed by atoms with E-state index in [1.807, 2.05) is 19.1 Å². The first-order valence-corrected chi connectivity index (χ1v) is 6.26. The molecule has 0 aliphatic heterocycles. The summed E-state index contributed by atoms with van der Waals surface area (Å²) in [5.41, 5.74) is 8.92. The number of benzene rings is 1. The van der Waals surface area contributed by atoms with Crippen molar-refractivity contribution < 1.29 is 0 Å². The Morgan fingerprint density at radius 1 is 1.31 bits per heavy atom. The fourth-order valence-electron chi connectivity index (χ4n) is 1.54. The molecule has 0 saturated carbocycles. The third-order valence-electron chi connectivity index (χ3n) is 2.56. The summed E-state index contributed by atoms with van der Waals surface area (Å²) in [5.74, 6) is 0. The molecular weight excluding hydrogens is 216 g/mol. The smallest absolute Gasteiger partial charge is 0.0364 e. The molecule has 0 amide bonds. The number of thiophene rings is 1. The maximum atomic E-state index is 5.85. The van der Waals surface area contributed by atoms with Crippen molar-refractivity contribution in [2.45, 2.75) is 13.3 Å². The Labute approximate surface area is 100 Å². The van der Waals surface area contributed by atoms with Crippen molar-refractivity contribution in [2.75, 3.05) is 17.6 Å². The SMILES string of the molecule is Cc1ccc(NCCc2cccs2)cc1N. The van der Waals surface area contributed by atoms with E-state index in [1.54, 1.807) is 11.3 Å². The van der Waals surface area contributed by atoms with Crippen LogP contribution >= 0.6 is 11.3 Å². The number of nitrogen functional groups attached to an aromatic ring is 1. The van der Waals surface area contributed by atoms with E-state index in [9.17, 15) is 0 Å². The molecule has 0 saturated heterocycles. The Bertz CT molecular complexity index is 449. The third kappa shape index (κ3) is 2.76. The van der Waals surface area contributed by atoms with Crippen LogP contribution in [0.1, 0.15) is 10.4 Å². The van der Waals surface area contributed by atoms with Crippen molar-refractivity contribution in [3.05, 3.63) is 46.2 Å². The van der Waals surface area contributed by atoms with Crippen LogP contribution in [0.15, 0.2) is 35.7 Å². The fourth-order valence-corrected chi connectivity index (χ4v) is 2.24. The van der Waals surface area contributed by atoms with Gasteiger partial charge in [-0.1, -0.05) is 12.1 Å². The molecule has 1 heterocycles. The second-order valence-corrected chi connectivity index (χ2v) is 4.86. The molecule has 3 N–H and O–H groups in total. The Kier molecular flexibility index (Phi) is 3.47. The normalized spacial score (nSPS) is 10.3. The van der Waals surface area contributed by atoms with E-state index >= 15 is 0 Å². The number of hydrogen-bond donors (Lipinski definition) is 2. The minimum Gasteiger partial charge on any atom is -0.398 e. The van der Waals surface area contributed by atoms with Crippen molar-refractivity contribution in [3.63, 3.8) is 0 Å². The maximum absolute atomic E-state index is 5.85. The number of anilines is 2. The number of hydrogen-bond acceptors (Lipinski definition) is 3. The highest BCUT2D eigenvalue weighted by atomic mass is 32.1. The van der Waals surface area contributed by atoms with Gasteiger partial charge in [0.15, 0.2) is 0 Å². The first kappa shape index (κ1) is 11.0. The lowest BCUT2D eigenvalue weighted by molar-refractivity contribution is 1.04. The van der Waals surface area contributed by atoms with Crippen LogP contribution in [0.25, 0.3) is 0 Å². The molecule has 3 heteroatoms. The topological polar surface area (TPSA) is 38.0 Å². The number of aryl methyl sites for hydroxylation is 1. The highest BCUT2D eigenvalue weighted by molar-refractivity contribution is 7.09. The Morgan fingerprint density at radius 2 is 2.19 bits per heavy atom. The number of nitrogens with one attached hydrogen (secondary N) is 1. The Balaban J connectivity index is 1.87. The van der Waals surface area contributed by atoms with Crippen molar-refractivity contribution in [2.24, 2.45) is 0 Å². The van der Waals surface area contributed by atoms with Crippen molar-refractivity contribution >= 4 is 22.7 Å². The molecule has 0 atom stereocenters. The van der Waals surface area contributed by atoms with E-state index in [2.05, 4.69) is 28.9 Å². The van der Waals surface area contributed by atoms with Gasteiger partial charge < -0.3 is 11.1 Å². The lowest BCUT2D eigenvalue weighted by Crippen LogP contribution is -2.04. The second kappa shape index (κ2) is 5.03. The van der Waals surface area contributed by atoms with Gasteiger partial charge in [0.2, 0.25) is 0 Å². The minimum absolute atomic E-state index is 0.848. The first-order chi connectivity index (χ1) is 7.75. The molecule has 2 aromatic rings. The van der Waals surface area contributed by atoms with Crippen LogP contribution in [0.2, 0.25) is 0 Å². The molecule has 0 unspecified atom stereocenters. The lowest BCUT2D eigenvalue weighted by atomic mass is 10.2. The van der Waals surface area contributed by atoms with Crippen molar-refractivity contribution in [3.8, 4) is 0 Å². The van der Waals surface area contributed by atoms with Gasteiger partial charge in [-0.05, 0) is 42.5 Å². The summed E-state index contributed by atoms with van der Waals surface area (Å²) >= 11 is 1.80. The zero-order valence-corrected chi connectivity index (χ0v) is 10.2. The standard InChI is InChI=1S/C13H16N2S/c1-10-4-5-11(9-13(10)14)15-7-6-12-3-2-8-16-12/h2-5,8-9,15H,6-7,14H2,1H3. The molecule has 2 nitrogen and oxygen atoms in total. The molecule has 2 rings (SSSR count). The third-order valence-corrected chi connectivity index (χ3v) is 3.50. The molecule has 0 spiro atoms. The van der Waals surface area contributed by atoms with E-state index < -0.39 is 0 Å². The summed E-state index contributed by atoms with van der Waals surface area (Å²) in [6, 6.07) is 10.4. The highest BCUT2D eigenvalue weighted by Crippen LogP contribution is 2.17. The number of rotatable bonds is 4. The van der Waals surface area contributed by atoms with Crippen LogP contribution < -0.4 is 11.1 Å². The van der Waals surface area contributed by atoms with Gasteiger partial charge in [0, 0.05) is 22.8 Å². The molecule has 1 aromatic carbocycles. The van der Waals surface area contributed by atoms with Gasteiger partial charge >= 0.3 is 0 Å². The van der Waals surface area contributed by atoms with Crippen molar-refractivity contribution in [1.82, 2.24) is 0 Å². The van der Waals surface area contributed by atoms with Crippen LogP contribution in [0, 0.1) is 6.92 Å². The van der Waals surface area contributed by atoms with Crippen LogP contribution in [-0.2, 0) is 6.42 Å². The summed E-state index contributed by atoms with van der Waals surface area (Å²) in [5, 5.41) is 5.49. The van der Waals surface area contributed by atoms with Crippen molar-refractivity contribution in [1.29, 1.82) is 0 Å². The van der Waals surface area contributed by atoms with E-state index in [1.165, 1.54) is 4.88 Å². The molecule has 16 heavy (non-hydrogen) atoms. The molecule has 0 aliphatic carbocycles. The van der Waals surface area contributed by atoms with E-state index in [0.717, 1.165) is 29.9 Å². The zero-order chi connectivity index (χ0) is 11.4. The predicted molar refractivity (Wildman–Crippen MR) is 72.1 cm³/mol. The van der Waals surface area contributed by atoms with Crippen LogP contribution in [0.5, 0.6) is 0 Å². The van der Waals surface area contributed by atoms with Gasteiger partial charge in [-0.3, -0.25) is 0 Å². The molecule has 0 fully saturated rings. The molecule has 84 valence electrons. The average Bonchev–Trinajstić information content (AvgIpc) is 2.76. The Morgan fingerprint density at radius 3 is 2.88 bits per heavy atom. The summed E-state index contributed by atoms with van der Waals surface area (Å²) in [6.45, 7) is 2.97. The largest absolute Gasteiger partial charge is 0.398 e. The molecule has 0 bridgehead atoms. The quantitative estimate of drug-likeness (QED) is 0.794. The maximum Gasteiger partial charge on any atom is 0.0364 e. The molecule has 1 aromatic heterocycles. The molecule has 0 radical (unpaired) electrons.